The van der Waals surface area contributed by atoms with Gasteiger partial charge in [0.1, 0.15) is 5.76 Å². The summed E-state index contributed by atoms with van der Waals surface area (Å²) < 4.78 is 0. The van der Waals surface area contributed by atoms with Crippen molar-refractivity contribution in [3.8, 4) is 0 Å². The Hall–Kier alpha value is -2.70. The zero-order chi connectivity index (χ0) is 18.0. The van der Waals surface area contributed by atoms with Gasteiger partial charge < -0.3 is 15.1 Å². The molecule has 3 rings (SSSR count). The first-order valence-electron chi connectivity index (χ1n) is 7.59. The Balaban J connectivity index is 2.17. The lowest BCUT2D eigenvalue weighted by Gasteiger charge is -2.24. The number of carbonyl (C=O) groups excluding carboxylic acids is 2. The number of aliphatic hydroxyl groups excluding tert-OH is 2. The van der Waals surface area contributed by atoms with E-state index in [9.17, 15) is 19.8 Å². The van der Waals surface area contributed by atoms with Crippen LogP contribution in [0.1, 0.15) is 17.2 Å². The lowest BCUT2D eigenvalue weighted by Crippen LogP contribution is -2.32. The molecule has 2 heterocycles. The largest absolute Gasteiger partial charge is 0.507 e. The highest BCUT2D eigenvalue weighted by Crippen LogP contribution is 2.38. The van der Waals surface area contributed by atoms with E-state index in [1.165, 1.54) is 11.1 Å². The second-order valence-electron chi connectivity index (χ2n) is 5.51. The van der Waals surface area contributed by atoms with Crippen molar-refractivity contribution in [2.45, 2.75) is 6.04 Å². The minimum absolute atomic E-state index is 0.0263. The van der Waals surface area contributed by atoms with Crippen molar-refractivity contribution in [2.24, 2.45) is 0 Å². The molecule has 25 heavy (non-hydrogen) atoms. The second-order valence-corrected chi connectivity index (χ2v) is 5.95. The third-order valence-corrected chi connectivity index (χ3v) is 4.25. The van der Waals surface area contributed by atoms with Crippen LogP contribution < -0.4 is 0 Å². The van der Waals surface area contributed by atoms with Gasteiger partial charge in [-0.05, 0) is 35.9 Å². The summed E-state index contributed by atoms with van der Waals surface area (Å²) >= 11 is 5.85. The number of Topliss-reactive ketones (excluding diaryl/α,β-unsaturated/α-hetero) is 1. The summed E-state index contributed by atoms with van der Waals surface area (Å²) in [4.78, 5) is 30.1. The average Bonchev–Trinajstić information content (AvgIpc) is 2.88. The molecule has 1 aliphatic heterocycles. The number of rotatable bonds is 4. The van der Waals surface area contributed by atoms with Crippen LogP contribution in [-0.4, -0.2) is 44.9 Å². The maximum atomic E-state index is 12.5. The first-order valence-corrected chi connectivity index (χ1v) is 7.97. The molecule has 1 fully saturated rings. The van der Waals surface area contributed by atoms with Crippen LogP contribution in [-0.2, 0) is 9.59 Å². The van der Waals surface area contributed by atoms with Crippen molar-refractivity contribution < 1.29 is 19.8 Å². The van der Waals surface area contributed by atoms with Gasteiger partial charge in [-0.1, -0.05) is 17.7 Å². The Morgan fingerprint density at radius 2 is 1.92 bits per heavy atom. The summed E-state index contributed by atoms with van der Waals surface area (Å²) in [6.45, 7) is -0.327. The van der Waals surface area contributed by atoms with Crippen molar-refractivity contribution in [1.29, 1.82) is 0 Å². The van der Waals surface area contributed by atoms with E-state index < -0.39 is 17.7 Å². The summed E-state index contributed by atoms with van der Waals surface area (Å²) in [6, 6.07) is 8.88. The molecule has 128 valence electrons. The summed E-state index contributed by atoms with van der Waals surface area (Å²) in [5.74, 6) is -1.85. The van der Waals surface area contributed by atoms with Gasteiger partial charge in [0.2, 0.25) is 0 Å². The number of hydrogen-bond donors (Lipinski definition) is 2. The SMILES string of the molecule is O=C1C(=O)N(CCO)[C@H](c2cccnc2)C1=C(O)c1ccc(Cl)cc1. The fraction of sp³-hybridized carbons (Fsp3) is 0.167. The molecule has 1 aromatic carbocycles. The number of halogens is 1. The van der Waals surface area contributed by atoms with E-state index >= 15 is 0 Å². The predicted octanol–water partition coefficient (Wildman–Crippen LogP) is 2.15. The predicted molar refractivity (Wildman–Crippen MR) is 91.8 cm³/mol. The molecule has 0 unspecified atom stereocenters. The Bertz CT molecular complexity index is 834. The van der Waals surface area contributed by atoms with Crippen LogP contribution in [0.15, 0.2) is 54.4 Å². The fourth-order valence-electron chi connectivity index (χ4n) is 2.87. The molecule has 1 aliphatic rings. The van der Waals surface area contributed by atoms with E-state index in [0.717, 1.165) is 0 Å². The van der Waals surface area contributed by atoms with Gasteiger partial charge in [-0.15, -0.1) is 0 Å². The molecule has 0 spiro atoms. The normalized spacial score (nSPS) is 19.4. The standard InChI is InChI=1S/C18H15ClN2O4/c19-13-5-3-11(4-6-13)16(23)14-15(12-2-1-7-20-10-12)21(8-9-22)18(25)17(14)24/h1-7,10,15,22-23H,8-9H2/t15-/m1/s1. The van der Waals surface area contributed by atoms with Crippen molar-refractivity contribution in [3.63, 3.8) is 0 Å². The number of aromatic nitrogens is 1. The summed E-state index contributed by atoms with van der Waals surface area (Å²) in [6.07, 6.45) is 3.09. The Labute approximate surface area is 149 Å². The van der Waals surface area contributed by atoms with Gasteiger partial charge in [-0.25, -0.2) is 0 Å². The molecule has 2 N–H and O–H groups in total. The van der Waals surface area contributed by atoms with Crippen molar-refractivity contribution in [3.05, 3.63) is 70.5 Å². The zero-order valence-corrected chi connectivity index (χ0v) is 13.8. The van der Waals surface area contributed by atoms with Gasteiger partial charge in [-0.2, -0.15) is 0 Å². The molecule has 7 heteroatoms. The number of likely N-dealkylation sites (tertiary alicyclic amines) is 1. The smallest absolute Gasteiger partial charge is 0.295 e. The molecular weight excluding hydrogens is 344 g/mol. The Morgan fingerprint density at radius 1 is 1.20 bits per heavy atom. The summed E-state index contributed by atoms with van der Waals surface area (Å²) in [7, 11) is 0. The van der Waals surface area contributed by atoms with Gasteiger partial charge in [-0.3, -0.25) is 14.6 Å². The molecule has 1 saturated heterocycles. The van der Waals surface area contributed by atoms with Crippen LogP contribution in [0.5, 0.6) is 0 Å². The first kappa shape index (κ1) is 17.1. The lowest BCUT2D eigenvalue weighted by atomic mass is 9.96. The third kappa shape index (κ3) is 3.14. The van der Waals surface area contributed by atoms with E-state index in [2.05, 4.69) is 4.98 Å². The highest BCUT2D eigenvalue weighted by molar-refractivity contribution is 6.46. The van der Waals surface area contributed by atoms with Crippen LogP contribution in [0, 0.1) is 0 Å². The van der Waals surface area contributed by atoms with Crippen LogP contribution in [0.3, 0.4) is 0 Å². The number of aliphatic hydroxyl groups is 2. The highest BCUT2D eigenvalue weighted by atomic mass is 35.5. The van der Waals surface area contributed by atoms with Crippen molar-refractivity contribution in [1.82, 2.24) is 9.88 Å². The van der Waals surface area contributed by atoms with Crippen molar-refractivity contribution >= 4 is 29.1 Å². The highest BCUT2D eigenvalue weighted by Gasteiger charge is 2.45. The van der Waals surface area contributed by atoms with E-state index in [0.29, 0.717) is 16.1 Å². The lowest BCUT2D eigenvalue weighted by molar-refractivity contribution is -0.140. The van der Waals surface area contributed by atoms with E-state index in [-0.39, 0.29) is 24.5 Å². The molecule has 6 nitrogen and oxygen atoms in total. The maximum Gasteiger partial charge on any atom is 0.295 e. The molecular formula is C18H15ClN2O4. The minimum Gasteiger partial charge on any atom is -0.507 e. The quantitative estimate of drug-likeness (QED) is 0.496. The zero-order valence-electron chi connectivity index (χ0n) is 13.1. The minimum atomic E-state index is -0.809. The molecule has 0 radical (unpaired) electrons. The van der Waals surface area contributed by atoms with E-state index in [1.807, 2.05) is 0 Å². The number of benzene rings is 1. The monoisotopic (exact) mass is 358 g/mol. The average molecular weight is 359 g/mol. The number of hydrogen-bond acceptors (Lipinski definition) is 5. The van der Waals surface area contributed by atoms with Gasteiger partial charge in [0.25, 0.3) is 11.7 Å². The Kier molecular flexibility index (Phi) is 4.83. The van der Waals surface area contributed by atoms with Crippen LogP contribution in [0.4, 0.5) is 0 Å². The van der Waals surface area contributed by atoms with Crippen LogP contribution in [0.25, 0.3) is 5.76 Å². The van der Waals surface area contributed by atoms with Gasteiger partial charge >= 0.3 is 0 Å². The number of nitrogens with zero attached hydrogens (tertiary/aromatic N) is 2. The summed E-state index contributed by atoms with van der Waals surface area (Å²) in [5, 5.41) is 20.4. The van der Waals surface area contributed by atoms with Gasteiger partial charge in [0.15, 0.2) is 0 Å². The molecule has 0 saturated carbocycles. The van der Waals surface area contributed by atoms with Crippen molar-refractivity contribution in [2.75, 3.05) is 13.2 Å². The third-order valence-electron chi connectivity index (χ3n) is 4.00. The number of β-amino-alcohol motifs (C(OH)–C–C–N with tert-alkyl or cyclic N) is 1. The van der Waals surface area contributed by atoms with Gasteiger partial charge in [0.05, 0.1) is 18.2 Å². The first-order chi connectivity index (χ1) is 12.0. The second kappa shape index (κ2) is 7.04. The molecule has 0 aliphatic carbocycles. The molecule has 1 atom stereocenters. The summed E-state index contributed by atoms with van der Waals surface area (Å²) in [5.41, 5.74) is 0.916. The van der Waals surface area contributed by atoms with E-state index in [4.69, 9.17) is 11.6 Å². The van der Waals surface area contributed by atoms with E-state index in [1.54, 1.807) is 42.6 Å². The fourth-order valence-corrected chi connectivity index (χ4v) is 2.99. The number of carbonyl (C=O) groups is 2. The molecule has 2 aromatic rings. The topological polar surface area (TPSA) is 90.7 Å². The molecule has 0 bridgehead atoms. The molecule has 1 amide bonds. The van der Waals surface area contributed by atoms with Crippen LogP contribution >= 0.6 is 11.6 Å². The van der Waals surface area contributed by atoms with Crippen LogP contribution in [0.2, 0.25) is 5.02 Å². The number of ketones is 1. The Morgan fingerprint density at radius 3 is 2.52 bits per heavy atom. The number of amides is 1. The number of pyridine rings is 1. The molecule has 1 aromatic heterocycles. The van der Waals surface area contributed by atoms with Gasteiger partial charge in [0, 0.05) is 29.5 Å². The maximum absolute atomic E-state index is 12.5.